The molecule has 1 N–H and O–H groups in total. The maximum Gasteiger partial charge on any atom is 0.230 e. The molecule has 0 saturated carbocycles. The fourth-order valence-corrected chi connectivity index (χ4v) is 5.11. The fourth-order valence-electron chi connectivity index (χ4n) is 2.66. The van der Waals surface area contributed by atoms with Gasteiger partial charge in [0.05, 0.1) is 23.0 Å². The number of rotatable bonds is 7. The van der Waals surface area contributed by atoms with Crippen LogP contribution in [-0.4, -0.2) is 15.9 Å². The Morgan fingerprint density at radius 3 is 2.77 bits per heavy atom. The molecule has 0 saturated heterocycles. The monoisotopic (exact) mass is 505 g/mol. The maximum atomic E-state index is 12.4. The number of halogens is 1. The van der Waals surface area contributed by atoms with Crippen LogP contribution in [0, 0.1) is 6.92 Å². The molecule has 5 nitrogen and oxygen atoms in total. The summed E-state index contributed by atoms with van der Waals surface area (Å²) in [6.07, 6.45) is 5.63. The quantitative estimate of drug-likeness (QED) is 0.285. The topological polar surface area (TPSA) is 68.0 Å². The van der Waals surface area contributed by atoms with Crippen molar-refractivity contribution in [2.45, 2.75) is 49.0 Å². The number of oxazole rings is 1. The second-order valence-corrected chi connectivity index (χ2v) is 11.3. The molecule has 3 aromatic rings. The number of hydrogen-bond donors (Lipinski definition) is 1. The number of nitrogens with zero attached hydrogens (tertiary/aromatic N) is 2. The Morgan fingerprint density at radius 1 is 1.37 bits per heavy atom. The van der Waals surface area contributed by atoms with E-state index in [4.69, 9.17) is 4.42 Å². The molecule has 1 aromatic carbocycles. The van der Waals surface area contributed by atoms with E-state index in [1.807, 2.05) is 25.1 Å². The van der Waals surface area contributed by atoms with E-state index in [0.717, 1.165) is 25.6 Å². The highest BCUT2D eigenvalue weighted by Crippen LogP contribution is 2.40. The summed E-state index contributed by atoms with van der Waals surface area (Å²) in [7, 11) is 0. The van der Waals surface area contributed by atoms with Crippen LogP contribution >= 0.6 is 39.0 Å². The van der Waals surface area contributed by atoms with Crippen LogP contribution in [0.1, 0.15) is 48.8 Å². The van der Waals surface area contributed by atoms with E-state index in [1.54, 1.807) is 30.2 Å². The molecular formula is C22H24BrN3O2S2. The predicted octanol–water partition coefficient (Wildman–Crippen LogP) is 6.70. The van der Waals surface area contributed by atoms with Gasteiger partial charge in [-0.3, -0.25) is 4.79 Å². The number of anilines is 1. The van der Waals surface area contributed by atoms with Crippen molar-refractivity contribution < 1.29 is 9.21 Å². The van der Waals surface area contributed by atoms with E-state index in [9.17, 15) is 4.79 Å². The summed E-state index contributed by atoms with van der Waals surface area (Å²) >= 11 is 6.41. The molecule has 2 heterocycles. The van der Waals surface area contributed by atoms with Crippen molar-refractivity contribution >= 4 is 50.1 Å². The van der Waals surface area contributed by atoms with Gasteiger partial charge < -0.3 is 9.73 Å². The van der Waals surface area contributed by atoms with Crippen LogP contribution in [0.2, 0.25) is 0 Å². The Kier molecular flexibility index (Phi) is 7.21. The molecule has 0 fully saturated rings. The minimum atomic E-state index is -0.129. The van der Waals surface area contributed by atoms with Gasteiger partial charge in [0.1, 0.15) is 11.0 Å². The number of carbonyl (C=O) groups is 1. The summed E-state index contributed by atoms with van der Waals surface area (Å²) in [5.41, 5.74) is 1.97. The van der Waals surface area contributed by atoms with E-state index in [2.05, 4.69) is 58.6 Å². The smallest absolute Gasteiger partial charge is 0.230 e. The SMILES string of the molecule is C=CC(Sc1cnc(NC(=O)Cc2ccc(Br)cc2C)s1)c1ncc(C(C)(C)C)o1. The zero-order chi connectivity index (χ0) is 21.9. The first-order valence-electron chi connectivity index (χ1n) is 9.42. The Bertz CT molecular complexity index is 1050. The summed E-state index contributed by atoms with van der Waals surface area (Å²) in [5.74, 6) is 1.36. The van der Waals surface area contributed by atoms with Gasteiger partial charge in [0.25, 0.3) is 0 Å². The standard InChI is InChI=1S/C22H24BrN3O2S2/c1-6-16(20-24-11-17(28-20)22(3,4)5)29-19-12-25-21(30-19)26-18(27)10-14-7-8-15(23)9-13(14)2/h6-9,11-12,16H,1,10H2,2-5H3,(H,25,26,27). The van der Waals surface area contributed by atoms with Gasteiger partial charge >= 0.3 is 0 Å². The first-order chi connectivity index (χ1) is 14.2. The average Bonchev–Trinajstić information content (AvgIpc) is 3.31. The van der Waals surface area contributed by atoms with E-state index >= 15 is 0 Å². The minimum absolute atomic E-state index is 0.0888. The van der Waals surface area contributed by atoms with Crippen molar-refractivity contribution in [3.8, 4) is 0 Å². The van der Waals surface area contributed by atoms with Gasteiger partial charge in [-0.1, -0.05) is 71.9 Å². The Hall–Kier alpha value is -1.90. The zero-order valence-corrected chi connectivity index (χ0v) is 20.6. The lowest BCUT2D eigenvalue weighted by Gasteiger charge is -2.13. The molecule has 1 atom stereocenters. The lowest BCUT2D eigenvalue weighted by Crippen LogP contribution is -2.14. The third kappa shape index (κ3) is 5.83. The van der Waals surface area contributed by atoms with Gasteiger partial charge in [-0.05, 0) is 30.2 Å². The summed E-state index contributed by atoms with van der Waals surface area (Å²) in [4.78, 5) is 21.2. The lowest BCUT2D eigenvalue weighted by molar-refractivity contribution is -0.115. The summed E-state index contributed by atoms with van der Waals surface area (Å²) < 4.78 is 7.89. The number of thioether (sulfide) groups is 1. The van der Waals surface area contributed by atoms with Crippen molar-refractivity contribution in [3.05, 3.63) is 70.5 Å². The van der Waals surface area contributed by atoms with Crippen LogP contribution in [0.3, 0.4) is 0 Å². The highest BCUT2D eigenvalue weighted by atomic mass is 79.9. The van der Waals surface area contributed by atoms with E-state index in [-0.39, 0.29) is 16.6 Å². The molecule has 0 radical (unpaired) electrons. The Labute approximate surface area is 193 Å². The van der Waals surface area contributed by atoms with Gasteiger partial charge in [-0.15, -0.1) is 6.58 Å². The number of amides is 1. The molecule has 8 heteroatoms. The second-order valence-electron chi connectivity index (χ2n) is 7.87. The second kappa shape index (κ2) is 9.49. The molecule has 30 heavy (non-hydrogen) atoms. The van der Waals surface area contributed by atoms with Crippen LogP contribution in [0.4, 0.5) is 5.13 Å². The third-order valence-electron chi connectivity index (χ3n) is 4.35. The van der Waals surface area contributed by atoms with Crippen molar-refractivity contribution in [1.29, 1.82) is 0 Å². The molecule has 1 unspecified atom stereocenters. The fraction of sp³-hybridized carbons (Fsp3) is 0.318. The van der Waals surface area contributed by atoms with Crippen LogP contribution in [0.25, 0.3) is 0 Å². The number of hydrogen-bond acceptors (Lipinski definition) is 6. The van der Waals surface area contributed by atoms with Crippen molar-refractivity contribution in [2.75, 3.05) is 5.32 Å². The van der Waals surface area contributed by atoms with Gasteiger partial charge in [-0.25, -0.2) is 9.97 Å². The molecule has 0 aliphatic rings. The van der Waals surface area contributed by atoms with Gasteiger partial charge in [-0.2, -0.15) is 0 Å². The summed E-state index contributed by atoms with van der Waals surface area (Å²) in [6.45, 7) is 12.2. The van der Waals surface area contributed by atoms with Crippen LogP contribution in [0.5, 0.6) is 0 Å². The molecule has 0 spiro atoms. The predicted molar refractivity (Wildman–Crippen MR) is 127 cm³/mol. The number of benzene rings is 1. The van der Waals surface area contributed by atoms with Crippen LogP contribution < -0.4 is 5.32 Å². The number of nitrogens with one attached hydrogen (secondary N) is 1. The molecule has 158 valence electrons. The number of aryl methyl sites for hydroxylation is 1. The van der Waals surface area contributed by atoms with Crippen molar-refractivity contribution in [2.24, 2.45) is 0 Å². The molecule has 0 aliphatic carbocycles. The number of aromatic nitrogens is 2. The van der Waals surface area contributed by atoms with E-state index in [1.165, 1.54) is 11.3 Å². The lowest BCUT2D eigenvalue weighted by atomic mass is 9.94. The molecular weight excluding hydrogens is 482 g/mol. The number of thiazole rings is 1. The summed E-state index contributed by atoms with van der Waals surface area (Å²) in [6, 6.07) is 5.90. The highest BCUT2D eigenvalue weighted by Gasteiger charge is 2.23. The van der Waals surface area contributed by atoms with Gasteiger partial charge in [0.15, 0.2) is 5.13 Å². The van der Waals surface area contributed by atoms with Crippen LogP contribution in [0.15, 0.2) is 56.3 Å². The molecule has 3 rings (SSSR count). The highest BCUT2D eigenvalue weighted by molar-refractivity contribution is 9.10. The van der Waals surface area contributed by atoms with Gasteiger partial charge in [0, 0.05) is 9.89 Å². The first kappa shape index (κ1) is 22.8. The zero-order valence-electron chi connectivity index (χ0n) is 17.4. The Balaban J connectivity index is 1.63. The van der Waals surface area contributed by atoms with E-state index in [0.29, 0.717) is 17.4 Å². The minimum Gasteiger partial charge on any atom is -0.444 e. The van der Waals surface area contributed by atoms with E-state index < -0.39 is 0 Å². The number of carbonyl (C=O) groups excluding carboxylic acids is 1. The molecule has 1 amide bonds. The maximum absolute atomic E-state index is 12.4. The van der Waals surface area contributed by atoms with Gasteiger partial charge in [0.2, 0.25) is 11.8 Å². The largest absolute Gasteiger partial charge is 0.444 e. The molecule has 0 bridgehead atoms. The third-order valence-corrected chi connectivity index (χ3v) is 7.07. The van der Waals surface area contributed by atoms with Crippen molar-refractivity contribution in [3.63, 3.8) is 0 Å². The molecule has 0 aliphatic heterocycles. The molecule has 2 aromatic heterocycles. The average molecular weight is 506 g/mol. The van der Waals surface area contributed by atoms with Crippen LogP contribution in [-0.2, 0) is 16.6 Å². The van der Waals surface area contributed by atoms with Crippen molar-refractivity contribution in [1.82, 2.24) is 9.97 Å². The normalized spacial score (nSPS) is 12.6. The Morgan fingerprint density at radius 2 is 2.13 bits per heavy atom. The first-order valence-corrected chi connectivity index (χ1v) is 11.9. The summed E-state index contributed by atoms with van der Waals surface area (Å²) in [5, 5.41) is 3.33.